The summed E-state index contributed by atoms with van der Waals surface area (Å²) in [6.45, 7) is 0.675. The number of hydrogen-bond donors (Lipinski definition) is 1. The number of hydrogen-bond acceptors (Lipinski definition) is 2. The Bertz CT molecular complexity index is 747. The largest absolute Gasteiger partial charge is 0.481 e. The molecule has 1 aliphatic heterocycles. The molecule has 4 nitrogen and oxygen atoms in total. The molecule has 1 heterocycles. The lowest BCUT2D eigenvalue weighted by atomic mass is 9.89. The second-order valence-electron chi connectivity index (χ2n) is 6.07. The van der Waals surface area contributed by atoms with Crippen LogP contribution < -0.4 is 0 Å². The average molecular weight is 344 g/mol. The van der Waals surface area contributed by atoms with E-state index in [1.54, 1.807) is 17.0 Å². The van der Waals surface area contributed by atoms with Crippen LogP contribution in [0.5, 0.6) is 0 Å². The molecule has 0 radical (unpaired) electrons. The van der Waals surface area contributed by atoms with Crippen LogP contribution in [0.4, 0.5) is 0 Å². The average Bonchev–Trinajstić information content (AvgIpc) is 3.01. The van der Waals surface area contributed by atoms with Crippen molar-refractivity contribution in [3.8, 4) is 0 Å². The van der Waals surface area contributed by atoms with E-state index in [4.69, 9.17) is 11.6 Å². The number of carbonyl (C=O) groups excluding carboxylic acids is 1. The van der Waals surface area contributed by atoms with Crippen molar-refractivity contribution in [1.29, 1.82) is 0 Å². The second kappa shape index (κ2) is 7.05. The maximum atomic E-state index is 12.6. The number of nitrogens with zero attached hydrogens (tertiary/aromatic N) is 1. The lowest BCUT2D eigenvalue weighted by Crippen LogP contribution is -2.31. The smallest absolute Gasteiger partial charge is 0.308 e. The minimum Gasteiger partial charge on any atom is -0.481 e. The van der Waals surface area contributed by atoms with Gasteiger partial charge in [0.15, 0.2) is 0 Å². The summed E-state index contributed by atoms with van der Waals surface area (Å²) in [5.41, 5.74) is 1.80. The zero-order chi connectivity index (χ0) is 17.1. The van der Waals surface area contributed by atoms with E-state index >= 15 is 0 Å². The fraction of sp³-hybridized carbons (Fsp3) is 0.263. The van der Waals surface area contributed by atoms with Crippen LogP contribution in [0.15, 0.2) is 54.6 Å². The number of likely N-dealkylation sites (tertiary alicyclic amines) is 1. The Kier molecular flexibility index (Phi) is 4.86. The third-order valence-electron chi connectivity index (χ3n) is 4.46. The number of aliphatic carboxylic acids is 1. The van der Waals surface area contributed by atoms with Crippen LogP contribution in [0, 0.1) is 5.92 Å². The van der Waals surface area contributed by atoms with E-state index < -0.39 is 11.9 Å². The Morgan fingerprint density at radius 2 is 1.83 bits per heavy atom. The highest BCUT2D eigenvalue weighted by molar-refractivity contribution is 6.30. The van der Waals surface area contributed by atoms with Crippen molar-refractivity contribution in [2.75, 3.05) is 13.1 Å². The monoisotopic (exact) mass is 343 g/mol. The van der Waals surface area contributed by atoms with Crippen molar-refractivity contribution < 1.29 is 14.7 Å². The van der Waals surface area contributed by atoms with Crippen molar-refractivity contribution in [2.24, 2.45) is 5.92 Å². The van der Waals surface area contributed by atoms with E-state index in [0.29, 0.717) is 11.6 Å². The van der Waals surface area contributed by atoms with Gasteiger partial charge < -0.3 is 10.0 Å². The van der Waals surface area contributed by atoms with Gasteiger partial charge in [0.2, 0.25) is 5.91 Å². The summed E-state index contributed by atoms with van der Waals surface area (Å²) in [6, 6.07) is 16.7. The molecule has 24 heavy (non-hydrogen) atoms. The SMILES string of the molecule is O=C(O)[C@@H]1CN(C(=O)Cc2cccc(Cl)c2)C[C@@H]1c1ccccc1. The molecule has 1 amide bonds. The van der Waals surface area contributed by atoms with Gasteiger partial charge in [-0.15, -0.1) is 0 Å². The lowest BCUT2D eigenvalue weighted by Gasteiger charge is -2.16. The van der Waals surface area contributed by atoms with Crippen LogP contribution in [-0.2, 0) is 16.0 Å². The number of rotatable bonds is 4. The molecule has 2 aromatic carbocycles. The summed E-state index contributed by atoms with van der Waals surface area (Å²) in [6.07, 6.45) is 0.231. The molecule has 5 heteroatoms. The first-order valence-corrected chi connectivity index (χ1v) is 8.22. The molecule has 0 spiro atoms. The van der Waals surface area contributed by atoms with Gasteiger partial charge in [-0.05, 0) is 23.3 Å². The maximum Gasteiger partial charge on any atom is 0.308 e. The van der Waals surface area contributed by atoms with Gasteiger partial charge in [0.25, 0.3) is 0 Å². The lowest BCUT2D eigenvalue weighted by molar-refractivity contribution is -0.141. The van der Waals surface area contributed by atoms with Crippen LogP contribution in [0.2, 0.25) is 5.02 Å². The number of benzene rings is 2. The molecule has 124 valence electrons. The van der Waals surface area contributed by atoms with Gasteiger partial charge >= 0.3 is 5.97 Å². The Balaban J connectivity index is 1.75. The quantitative estimate of drug-likeness (QED) is 0.927. The van der Waals surface area contributed by atoms with Crippen LogP contribution in [0.25, 0.3) is 0 Å². The number of carbonyl (C=O) groups is 2. The third kappa shape index (κ3) is 3.60. The van der Waals surface area contributed by atoms with E-state index in [1.807, 2.05) is 42.5 Å². The standard InChI is InChI=1S/C19H18ClNO3/c20-15-8-4-5-13(9-15)10-18(22)21-11-16(17(12-21)19(23)24)14-6-2-1-3-7-14/h1-9,16-17H,10-12H2,(H,23,24)/t16-,17-/m1/s1. The summed E-state index contributed by atoms with van der Waals surface area (Å²) in [5.74, 6) is -1.67. The number of carboxylic acids is 1. The second-order valence-corrected chi connectivity index (χ2v) is 6.50. The van der Waals surface area contributed by atoms with E-state index in [0.717, 1.165) is 11.1 Å². The Morgan fingerprint density at radius 3 is 2.50 bits per heavy atom. The highest BCUT2D eigenvalue weighted by Crippen LogP contribution is 2.33. The van der Waals surface area contributed by atoms with Crippen molar-refractivity contribution >= 4 is 23.5 Å². The highest BCUT2D eigenvalue weighted by Gasteiger charge is 2.40. The van der Waals surface area contributed by atoms with Gasteiger partial charge in [-0.3, -0.25) is 9.59 Å². The zero-order valence-electron chi connectivity index (χ0n) is 13.1. The van der Waals surface area contributed by atoms with Crippen LogP contribution in [0.1, 0.15) is 17.0 Å². The van der Waals surface area contributed by atoms with Crippen LogP contribution >= 0.6 is 11.6 Å². The minimum atomic E-state index is -0.859. The normalized spacial score (nSPS) is 20.1. The van der Waals surface area contributed by atoms with Crippen molar-refractivity contribution in [2.45, 2.75) is 12.3 Å². The maximum absolute atomic E-state index is 12.6. The fourth-order valence-electron chi connectivity index (χ4n) is 3.23. The molecule has 2 atom stereocenters. The van der Waals surface area contributed by atoms with Crippen molar-refractivity contribution in [1.82, 2.24) is 4.90 Å². The Hall–Kier alpha value is -2.33. The van der Waals surface area contributed by atoms with Crippen LogP contribution in [-0.4, -0.2) is 35.0 Å². The van der Waals surface area contributed by atoms with E-state index in [1.165, 1.54) is 0 Å². The summed E-state index contributed by atoms with van der Waals surface area (Å²) in [5, 5.41) is 10.1. The summed E-state index contributed by atoms with van der Waals surface area (Å²) >= 11 is 5.95. The first-order chi connectivity index (χ1) is 11.5. The van der Waals surface area contributed by atoms with Gasteiger partial charge in [-0.25, -0.2) is 0 Å². The topological polar surface area (TPSA) is 57.6 Å². The van der Waals surface area contributed by atoms with Gasteiger partial charge in [-0.1, -0.05) is 54.1 Å². The molecule has 2 aromatic rings. The Labute approximate surface area is 145 Å². The first kappa shape index (κ1) is 16.5. The summed E-state index contributed by atoms with van der Waals surface area (Å²) in [4.78, 5) is 25.8. The molecule has 1 saturated heterocycles. The van der Waals surface area contributed by atoms with Gasteiger partial charge in [-0.2, -0.15) is 0 Å². The number of carboxylic acid groups (broad SMARTS) is 1. The van der Waals surface area contributed by atoms with Crippen molar-refractivity contribution in [3.63, 3.8) is 0 Å². The minimum absolute atomic E-state index is 0.0676. The molecule has 1 N–H and O–H groups in total. The van der Waals surface area contributed by atoms with E-state index in [9.17, 15) is 14.7 Å². The fourth-order valence-corrected chi connectivity index (χ4v) is 3.44. The number of amides is 1. The molecule has 0 saturated carbocycles. The molecule has 1 fully saturated rings. The molecular weight excluding hydrogens is 326 g/mol. The first-order valence-electron chi connectivity index (χ1n) is 7.84. The zero-order valence-corrected chi connectivity index (χ0v) is 13.8. The molecule has 0 bridgehead atoms. The summed E-state index contributed by atoms with van der Waals surface area (Å²) < 4.78 is 0. The van der Waals surface area contributed by atoms with Gasteiger partial charge in [0.1, 0.15) is 0 Å². The van der Waals surface area contributed by atoms with Gasteiger partial charge in [0.05, 0.1) is 12.3 Å². The van der Waals surface area contributed by atoms with E-state index in [-0.39, 0.29) is 24.8 Å². The summed E-state index contributed by atoms with van der Waals surface area (Å²) in [7, 11) is 0. The predicted molar refractivity (Wildman–Crippen MR) is 92.0 cm³/mol. The van der Waals surface area contributed by atoms with E-state index in [2.05, 4.69) is 0 Å². The molecule has 0 aromatic heterocycles. The molecule has 3 rings (SSSR count). The highest BCUT2D eigenvalue weighted by atomic mass is 35.5. The predicted octanol–water partition coefficient (Wildman–Crippen LogP) is 3.21. The molecular formula is C19H18ClNO3. The molecule has 0 unspecified atom stereocenters. The molecule has 0 aliphatic carbocycles. The van der Waals surface area contributed by atoms with Gasteiger partial charge in [0, 0.05) is 24.0 Å². The Morgan fingerprint density at radius 1 is 1.08 bits per heavy atom. The molecule has 1 aliphatic rings. The third-order valence-corrected chi connectivity index (χ3v) is 4.70. The number of halogens is 1. The van der Waals surface area contributed by atoms with Crippen LogP contribution in [0.3, 0.4) is 0 Å². The van der Waals surface area contributed by atoms with Crippen molar-refractivity contribution in [3.05, 3.63) is 70.7 Å².